The molecule has 0 spiro atoms. The second kappa shape index (κ2) is 12.5. The molecule has 0 aliphatic carbocycles. The van der Waals surface area contributed by atoms with Crippen molar-refractivity contribution in [2.24, 2.45) is 9.98 Å². The van der Waals surface area contributed by atoms with E-state index in [4.69, 9.17) is 0 Å². The molecule has 23 heavy (non-hydrogen) atoms. The Morgan fingerprint density at radius 3 is 1.39 bits per heavy atom. The van der Waals surface area contributed by atoms with Gasteiger partial charge in [0.15, 0.2) is 0 Å². The summed E-state index contributed by atoms with van der Waals surface area (Å²) in [5, 5.41) is 22.8. The zero-order chi connectivity index (χ0) is 14.2. The molecule has 0 aromatic heterocycles. The molecular formula is C16H18N2O4Zn. The number of hydrogen-bond donors (Lipinski definition) is 0. The van der Waals surface area contributed by atoms with Gasteiger partial charge in [0, 0.05) is 12.4 Å². The minimum Gasteiger partial charge on any atom is -0.872 e. The molecule has 2 rings (SSSR count). The third-order valence-electron chi connectivity index (χ3n) is 2.66. The number of benzene rings is 2. The monoisotopic (exact) mass is 366 g/mol. The Morgan fingerprint density at radius 1 is 0.696 bits per heavy atom. The Balaban J connectivity index is 0. The maximum Gasteiger partial charge on any atom is 2.00 e. The molecule has 2 aromatic rings. The molecule has 0 amide bonds. The van der Waals surface area contributed by atoms with Gasteiger partial charge < -0.3 is 21.2 Å². The Bertz CT molecular complexity index is 577. The molecule has 0 unspecified atom stereocenters. The van der Waals surface area contributed by atoms with Crippen molar-refractivity contribution in [1.29, 1.82) is 0 Å². The van der Waals surface area contributed by atoms with Gasteiger partial charge in [-0.25, -0.2) is 0 Å². The summed E-state index contributed by atoms with van der Waals surface area (Å²) in [5.74, 6) is -0.0833. The van der Waals surface area contributed by atoms with Crippen LogP contribution in [0.2, 0.25) is 0 Å². The summed E-state index contributed by atoms with van der Waals surface area (Å²) in [5.41, 5.74) is 1.14. The van der Waals surface area contributed by atoms with E-state index in [9.17, 15) is 10.2 Å². The van der Waals surface area contributed by atoms with Gasteiger partial charge >= 0.3 is 19.5 Å². The van der Waals surface area contributed by atoms with Crippen molar-refractivity contribution < 1.29 is 40.6 Å². The van der Waals surface area contributed by atoms with Crippen LogP contribution in [0.4, 0.5) is 0 Å². The van der Waals surface area contributed by atoms with Crippen LogP contribution in [0.25, 0.3) is 0 Å². The molecule has 0 heterocycles. The van der Waals surface area contributed by atoms with Crippen LogP contribution < -0.4 is 10.2 Å². The van der Waals surface area contributed by atoms with Gasteiger partial charge in [0.05, 0.1) is 13.1 Å². The molecule has 0 aliphatic heterocycles. The van der Waals surface area contributed by atoms with Crippen molar-refractivity contribution in [2.45, 2.75) is 0 Å². The van der Waals surface area contributed by atoms with E-state index in [0.29, 0.717) is 24.2 Å². The Kier molecular flexibility index (Phi) is 12.6. The number of para-hydroxylation sites is 2. The smallest absolute Gasteiger partial charge is 0.872 e. The predicted octanol–water partition coefficient (Wildman–Crippen LogP) is -0.280. The minimum absolute atomic E-state index is 0. The average molecular weight is 368 g/mol. The predicted molar refractivity (Wildman–Crippen MR) is 83.9 cm³/mol. The number of nitrogens with zero attached hydrogens (tertiary/aromatic N) is 2. The van der Waals surface area contributed by atoms with Gasteiger partial charge in [0.1, 0.15) is 0 Å². The zero-order valence-corrected chi connectivity index (χ0v) is 15.6. The Hall–Kier alpha value is -2.08. The molecular weight excluding hydrogens is 350 g/mol. The summed E-state index contributed by atoms with van der Waals surface area (Å²) in [4.78, 5) is 8.28. The van der Waals surface area contributed by atoms with Gasteiger partial charge in [-0.1, -0.05) is 48.5 Å². The van der Waals surface area contributed by atoms with Gasteiger partial charge in [-0.3, -0.25) is 9.98 Å². The number of aliphatic imine (C=N–C) groups is 2. The van der Waals surface area contributed by atoms with Crippen molar-refractivity contribution in [3.05, 3.63) is 59.7 Å². The summed E-state index contributed by atoms with van der Waals surface area (Å²) in [7, 11) is 0. The summed E-state index contributed by atoms with van der Waals surface area (Å²) in [6.07, 6.45) is 3.11. The van der Waals surface area contributed by atoms with Crippen molar-refractivity contribution in [3.63, 3.8) is 0 Å². The fourth-order valence-corrected chi connectivity index (χ4v) is 1.62. The van der Waals surface area contributed by atoms with Crippen LogP contribution in [0.1, 0.15) is 11.1 Å². The molecule has 4 N–H and O–H groups in total. The topological polar surface area (TPSA) is 134 Å². The number of rotatable bonds is 5. The van der Waals surface area contributed by atoms with Gasteiger partial charge in [0.2, 0.25) is 0 Å². The first kappa shape index (κ1) is 23.2. The fourth-order valence-electron chi connectivity index (χ4n) is 1.62. The van der Waals surface area contributed by atoms with Crippen LogP contribution in [0.15, 0.2) is 58.5 Å². The molecule has 2 aromatic carbocycles. The minimum atomic E-state index is -0.0416. The van der Waals surface area contributed by atoms with Gasteiger partial charge in [0.25, 0.3) is 0 Å². The molecule has 118 valence electrons. The molecule has 0 saturated carbocycles. The van der Waals surface area contributed by atoms with E-state index in [1.807, 2.05) is 0 Å². The largest absolute Gasteiger partial charge is 2.00 e. The second-order valence-corrected chi connectivity index (χ2v) is 4.15. The first-order chi connectivity index (χ1) is 9.77. The first-order valence-corrected chi connectivity index (χ1v) is 6.29. The van der Waals surface area contributed by atoms with Crippen LogP contribution in [-0.2, 0) is 19.5 Å². The summed E-state index contributed by atoms with van der Waals surface area (Å²) in [6.45, 7) is 0.956. The van der Waals surface area contributed by atoms with E-state index in [2.05, 4.69) is 9.98 Å². The molecule has 7 heteroatoms. The molecule has 0 fully saturated rings. The van der Waals surface area contributed by atoms with Gasteiger partial charge in [-0.2, -0.15) is 0 Å². The van der Waals surface area contributed by atoms with Crippen LogP contribution in [0.5, 0.6) is 11.5 Å². The van der Waals surface area contributed by atoms with E-state index in [0.717, 1.165) is 0 Å². The third-order valence-corrected chi connectivity index (χ3v) is 2.66. The maximum absolute atomic E-state index is 11.4. The van der Waals surface area contributed by atoms with E-state index in [1.54, 1.807) is 48.8 Å². The number of hydrogen-bond acceptors (Lipinski definition) is 4. The van der Waals surface area contributed by atoms with Crippen molar-refractivity contribution >= 4 is 12.4 Å². The fraction of sp³-hybridized carbons (Fsp3) is 0.125. The molecule has 0 atom stereocenters. The maximum atomic E-state index is 11.4. The van der Waals surface area contributed by atoms with Crippen LogP contribution in [0, 0.1) is 0 Å². The van der Waals surface area contributed by atoms with E-state index in [1.165, 1.54) is 12.1 Å². The van der Waals surface area contributed by atoms with Gasteiger partial charge in [-0.15, -0.1) is 11.5 Å². The first-order valence-electron chi connectivity index (χ1n) is 6.29. The summed E-state index contributed by atoms with van der Waals surface area (Å²) >= 11 is 0. The van der Waals surface area contributed by atoms with Crippen molar-refractivity contribution in [2.75, 3.05) is 13.1 Å². The Morgan fingerprint density at radius 2 is 1.04 bits per heavy atom. The molecule has 0 saturated heterocycles. The zero-order valence-electron chi connectivity index (χ0n) is 12.6. The normalized spacial score (nSPS) is 9.91. The molecule has 6 nitrogen and oxygen atoms in total. The van der Waals surface area contributed by atoms with Crippen LogP contribution >= 0.6 is 0 Å². The molecule has 0 aliphatic rings. The van der Waals surface area contributed by atoms with Gasteiger partial charge in [-0.05, 0) is 11.1 Å². The second-order valence-electron chi connectivity index (χ2n) is 4.15. The van der Waals surface area contributed by atoms with E-state index in [-0.39, 0.29) is 41.9 Å². The van der Waals surface area contributed by atoms with E-state index < -0.39 is 0 Å². The average Bonchev–Trinajstić information content (AvgIpc) is 2.46. The quantitative estimate of drug-likeness (QED) is 0.408. The third kappa shape index (κ3) is 7.65. The van der Waals surface area contributed by atoms with Crippen molar-refractivity contribution in [3.8, 4) is 11.5 Å². The SMILES string of the molecule is O.O.[O-]c1ccccc1C=NCCN=Cc1ccccc1[O-].[Zn+2]. The van der Waals surface area contributed by atoms with Crippen LogP contribution in [0.3, 0.4) is 0 Å². The Labute approximate surface area is 147 Å². The van der Waals surface area contributed by atoms with E-state index >= 15 is 0 Å². The van der Waals surface area contributed by atoms with Crippen LogP contribution in [-0.4, -0.2) is 36.5 Å². The van der Waals surface area contributed by atoms with Crippen molar-refractivity contribution in [1.82, 2.24) is 0 Å². The summed E-state index contributed by atoms with van der Waals surface area (Å²) in [6, 6.07) is 13.5. The molecule has 0 radical (unpaired) electrons. The summed E-state index contributed by atoms with van der Waals surface area (Å²) < 4.78 is 0. The molecule has 0 bridgehead atoms. The standard InChI is InChI=1S/C16H16N2O2.2H2O.Zn/c19-15-7-3-1-5-13(15)11-17-9-10-18-12-14-6-2-4-8-16(14)20;;;/h1-8,11-12,19-20H,9-10H2;2*1H2;/q;;;+2/p-2.